The molecule has 0 spiro atoms. The molecule has 1 aliphatic rings. The minimum atomic E-state index is -5.08. The maximum atomic E-state index is 13.6. The predicted molar refractivity (Wildman–Crippen MR) is 79.9 cm³/mol. The molecule has 0 radical (unpaired) electrons. The van der Waals surface area contributed by atoms with E-state index in [1.807, 2.05) is 0 Å². The second kappa shape index (κ2) is 5.94. The molecule has 2 aromatic rings. The van der Waals surface area contributed by atoms with E-state index in [1.165, 1.54) is 24.0 Å². The summed E-state index contributed by atoms with van der Waals surface area (Å²) in [5.74, 6) is -3.76. The zero-order valence-electron chi connectivity index (χ0n) is 13.6. The molecule has 26 heavy (non-hydrogen) atoms. The Morgan fingerprint density at radius 2 is 2.08 bits per heavy atom. The molecule has 140 valence electrons. The molecule has 2 heterocycles. The van der Waals surface area contributed by atoms with Crippen LogP contribution in [0.4, 0.5) is 17.6 Å². The molecule has 7 nitrogen and oxygen atoms in total. The fraction of sp³-hybridized carbons (Fsp3) is 0.400. The van der Waals surface area contributed by atoms with E-state index < -0.39 is 34.6 Å². The van der Waals surface area contributed by atoms with Crippen molar-refractivity contribution in [2.24, 2.45) is 5.73 Å². The number of nitrogens with two attached hydrogens (primary N) is 1. The van der Waals surface area contributed by atoms with Gasteiger partial charge < -0.3 is 5.73 Å². The number of primary amides is 1. The van der Waals surface area contributed by atoms with Gasteiger partial charge in [-0.3, -0.25) is 14.3 Å². The normalized spacial score (nSPS) is 23.3. The SMILES string of the molecule is C[N+]1(OC(=O)C(F)(F)F)CCC(n2cc3cc(F)cc(C(N)=O)c3n2)C1. The highest BCUT2D eigenvalue weighted by Crippen LogP contribution is 2.31. The Morgan fingerprint density at radius 3 is 2.69 bits per heavy atom. The van der Waals surface area contributed by atoms with Crippen LogP contribution in [-0.4, -0.2) is 52.6 Å². The third-order valence-electron chi connectivity index (χ3n) is 4.30. The fourth-order valence-electron chi connectivity index (χ4n) is 3.09. The van der Waals surface area contributed by atoms with Crippen LogP contribution in [0.1, 0.15) is 22.8 Å². The number of carbonyl (C=O) groups is 2. The summed E-state index contributed by atoms with van der Waals surface area (Å²) in [6.07, 6.45) is -3.21. The quantitative estimate of drug-likeness (QED) is 0.653. The molecule has 1 aromatic heterocycles. The number of rotatable bonds is 3. The molecule has 1 aliphatic heterocycles. The van der Waals surface area contributed by atoms with Gasteiger partial charge in [-0.25, -0.2) is 9.18 Å². The number of alkyl halides is 3. The monoisotopic (exact) mass is 375 g/mol. The molecule has 0 bridgehead atoms. The Hall–Kier alpha value is -2.69. The van der Waals surface area contributed by atoms with Crippen LogP contribution in [0.3, 0.4) is 0 Å². The second-order valence-corrected chi connectivity index (χ2v) is 6.39. The van der Waals surface area contributed by atoms with Crippen LogP contribution in [0.15, 0.2) is 18.3 Å². The van der Waals surface area contributed by atoms with Gasteiger partial charge in [-0.05, 0) is 12.1 Å². The van der Waals surface area contributed by atoms with Gasteiger partial charge in [0.1, 0.15) is 37.5 Å². The second-order valence-electron chi connectivity index (χ2n) is 6.39. The van der Waals surface area contributed by atoms with Crippen LogP contribution in [0, 0.1) is 5.82 Å². The average molecular weight is 375 g/mol. The highest BCUT2D eigenvalue weighted by atomic mass is 19.4. The summed E-state index contributed by atoms with van der Waals surface area (Å²) in [4.78, 5) is 27.1. The van der Waals surface area contributed by atoms with Crippen LogP contribution in [0.2, 0.25) is 0 Å². The lowest BCUT2D eigenvalue weighted by molar-refractivity contribution is -1.07. The first kappa shape index (κ1) is 18.1. The first-order valence-corrected chi connectivity index (χ1v) is 7.62. The molecule has 0 aliphatic carbocycles. The number of hydrogen-bond donors (Lipinski definition) is 1. The van der Waals surface area contributed by atoms with Gasteiger partial charge in [0.05, 0.1) is 5.56 Å². The summed E-state index contributed by atoms with van der Waals surface area (Å²) < 4.78 is 51.7. The summed E-state index contributed by atoms with van der Waals surface area (Å²) >= 11 is 0. The van der Waals surface area contributed by atoms with E-state index >= 15 is 0 Å². The van der Waals surface area contributed by atoms with E-state index in [0.717, 1.165) is 6.07 Å². The Balaban J connectivity index is 1.86. The minimum Gasteiger partial charge on any atom is -0.366 e. The Kier molecular flexibility index (Phi) is 4.14. The molecule has 11 heteroatoms. The van der Waals surface area contributed by atoms with Crippen molar-refractivity contribution < 1.29 is 36.6 Å². The van der Waals surface area contributed by atoms with Gasteiger partial charge in [0.15, 0.2) is 0 Å². The molecule has 2 atom stereocenters. The molecule has 1 fully saturated rings. The first-order chi connectivity index (χ1) is 12.0. The molecule has 2 N–H and O–H groups in total. The van der Waals surface area contributed by atoms with Crippen molar-refractivity contribution in [2.45, 2.75) is 18.6 Å². The summed E-state index contributed by atoms with van der Waals surface area (Å²) in [6.45, 7) is 0.198. The predicted octanol–water partition coefficient (Wildman–Crippen LogP) is 1.69. The van der Waals surface area contributed by atoms with Crippen molar-refractivity contribution in [1.82, 2.24) is 9.78 Å². The van der Waals surface area contributed by atoms with Crippen molar-refractivity contribution in [3.05, 3.63) is 29.7 Å². The van der Waals surface area contributed by atoms with E-state index in [4.69, 9.17) is 5.73 Å². The van der Waals surface area contributed by atoms with Gasteiger partial charge in [-0.1, -0.05) is 0 Å². The number of likely N-dealkylation sites (N-methyl/N-ethyl adjacent to an activating group) is 1. The van der Waals surface area contributed by atoms with Crippen molar-refractivity contribution in [3.8, 4) is 0 Å². The summed E-state index contributed by atoms with van der Waals surface area (Å²) in [5, 5.41) is 4.57. The highest BCUT2D eigenvalue weighted by Gasteiger charge is 2.49. The zero-order chi connectivity index (χ0) is 19.3. The number of quaternary nitrogens is 1. The number of hydrogen-bond acceptors (Lipinski definition) is 4. The van der Waals surface area contributed by atoms with E-state index in [1.54, 1.807) is 0 Å². The van der Waals surface area contributed by atoms with Crippen molar-refractivity contribution >= 4 is 22.8 Å². The highest BCUT2D eigenvalue weighted by molar-refractivity contribution is 6.04. The smallest absolute Gasteiger partial charge is 0.366 e. The number of carbonyl (C=O) groups excluding carboxylic acids is 2. The van der Waals surface area contributed by atoms with E-state index in [9.17, 15) is 27.2 Å². The number of aromatic nitrogens is 2. The van der Waals surface area contributed by atoms with Gasteiger partial charge in [0.2, 0.25) is 0 Å². The van der Waals surface area contributed by atoms with E-state index in [0.29, 0.717) is 11.8 Å². The summed E-state index contributed by atoms with van der Waals surface area (Å²) in [6, 6.07) is 1.76. The lowest BCUT2D eigenvalue weighted by Gasteiger charge is -2.25. The van der Waals surface area contributed by atoms with E-state index in [-0.39, 0.29) is 24.2 Å². The molecule has 1 saturated heterocycles. The van der Waals surface area contributed by atoms with Gasteiger partial charge in [-0.15, -0.1) is 4.65 Å². The Bertz CT molecular complexity index is 895. The molecule has 1 amide bonds. The third-order valence-corrected chi connectivity index (χ3v) is 4.30. The maximum Gasteiger partial charge on any atom is 0.497 e. The Labute approximate surface area is 144 Å². The lowest BCUT2D eigenvalue weighted by Crippen LogP contribution is -2.46. The molecule has 0 saturated carbocycles. The number of amides is 1. The number of benzene rings is 1. The van der Waals surface area contributed by atoms with Crippen LogP contribution < -0.4 is 5.73 Å². The number of fused-ring (bicyclic) bond motifs is 1. The topological polar surface area (TPSA) is 87.2 Å². The summed E-state index contributed by atoms with van der Waals surface area (Å²) in [7, 11) is 1.36. The van der Waals surface area contributed by atoms with Crippen molar-refractivity contribution in [1.29, 1.82) is 0 Å². The zero-order valence-corrected chi connectivity index (χ0v) is 13.6. The van der Waals surface area contributed by atoms with Crippen LogP contribution in [0.25, 0.3) is 10.9 Å². The number of nitrogens with zero attached hydrogens (tertiary/aromatic N) is 3. The van der Waals surface area contributed by atoms with Gasteiger partial charge >= 0.3 is 12.1 Å². The van der Waals surface area contributed by atoms with Crippen molar-refractivity contribution in [3.63, 3.8) is 0 Å². The number of likely N-dealkylation sites (tertiary alicyclic amines) is 1. The molecule has 3 rings (SSSR count). The van der Waals surface area contributed by atoms with Crippen LogP contribution in [-0.2, 0) is 9.63 Å². The standard InChI is InChI=1S/C15H14F4N4O3/c1-23(26-14(25)15(17,18)19)3-2-10(7-23)22-6-8-4-9(16)5-11(13(20)24)12(8)21-22/h4-6,10H,2-3,7H2,1H3,(H-,20,24)/p+1. The van der Waals surface area contributed by atoms with Crippen LogP contribution in [0.5, 0.6) is 0 Å². The van der Waals surface area contributed by atoms with Crippen LogP contribution >= 0.6 is 0 Å². The molecular formula is C15H15F4N4O3+. The minimum absolute atomic E-state index is 0.0458. The van der Waals surface area contributed by atoms with E-state index in [2.05, 4.69) is 9.94 Å². The fourth-order valence-corrected chi connectivity index (χ4v) is 3.09. The van der Waals surface area contributed by atoms with Gasteiger partial charge in [0.25, 0.3) is 5.91 Å². The third kappa shape index (κ3) is 3.34. The molecule has 1 aromatic carbocycles. The van der Waals surface area contributed by atoms with Gasteiger partial charge in [0, 0.05) is 18.0 Å². The maximum absolute atomic E-state index is 13.6. The van der Waals surface area contributed by atoms with Crippen molar-refractivity contribution in [2.75, 3.05) is 20.1 Å². The lowest BCUT2D eigenvalue weighted by atomic mass is 10.1. The molecular weight excluding hydrogens is 360 g/mol. The number of hydroxylamine groups is 3. The summed E-state index contributed by atoms with van der Waals surface area (Å²) in [5.41, 5.74) is 5.34. The average Bonchev–Trinajstić information content (AvgIpc) is 3.08. The Morgan fingerprint density at radius 1 is 1.38 bits per heavy atom. The van der Waals surface area contributed by atoms with Gasteiger partial charge in [-0.2, -0.15) is 18.3 Å². The largest absolute Gasteiger partial charge is 0.497 e. The molecule has 2 unspecified atom stereocenters. The number of halogens is 4. The first-order valence-electron chi connectivity index (χ1n) is 7.62.